The van der Waals surface area contributed by atoms with Crippen molar-refractivity contribution in [3.05, 3.63) is 249 Å². The molecule has 2 nitrogen and oxygen atoms in total. The van der Waals surface area contributed by atoms with Gasteiger partial charge >= 0.3 is 0 Å². The summed E-state index contributed by atoms with van der Waals surface area (Å²) in [6, 6.07) is 90.2. The zero-order valence-corrected chi connectivity index (χ0v) is 36.0. The molecule has 66 heavy (non-hydrogen) atoms. The van der Waals surface area contributed by atoms with Crippen LogP contribution in [-0.4, -0.2) is 0 Å². The summed E-state index contributed by atoms with van der Waals surface area (Å²) in [5.74, 6) is 0. The predicted molar refractivity (Wildman–Crippen MR) is 280 cm³/mol. The fourth-order valence-electron chi connectivity index (χ4n) is 10.4. The number of para-hydroxylation sites is 1. The van der Waals surface area contributed by atoms with Crippen LogP contribution in [0.5, 0.6) is 0 Å². The number of furan rings is 1. The first-order valence-electron chi connectivity index (χ1n) is 22.7. The second-order valence-corrected chi connectivity index (χ2v) is 17.2. The van der Waals surface area contributed by atoms with Gasteiger partial charge in [0, 0.05) is 22.3 Å². The van der Waals surface area contributed by atoms with Gasteiger partial charge in [0.05, 0.1) is 11.1 Å². The molecule has 0 aliphatic heterocycles. The number of rotatable bonds is 7. The lowest BCUT2D eigenvalue weighted by atomic mass is 9.92. The van der Waals surface area contributed by atoms with Gasteiger partial charge in [0.1, 0.15) is 11.2 Å². The van der Waals surface area contributed by atoms with Crippen molar-refractivity contribution in [3.63, 3.8) is 0 Å². The molecular weight excluding hydrogens is 799 g/mol. The van der Waals surface area contributed by atoms with Crippen molar-refractivity contribution in [2.75, 3.05) is 4.90 Å². The standard InChI is InChI=1S/C64H41NO/c1-2-17-42(18-3-1)49-25-6-7-27-51(49)46-22-15-24-48(40-46)65(61-38-37-58(52-33-16-20-43-19-4-5-26-50(43)52)64-63(61)59-32-12-13-34-62(59)66-64)47-23-14-21-44(39-47)45-35-36-57-55-30-9-8-28-53(55)54-29-10-11-31-56(54)60(57)41-45/h1-41H. The molecule has 0 fully saturated rings. The van der Waals surface area contributed by atoms with Crippen LogP contribution in [-0.2, 0) is 0 Å². The highest BCUT2D eigenvalue weighted by molar-refractivity contribution is 6.26. The summed E-state index contributed by atoms with van der Waals surface area (Å²) in [6.45, 7) is 0. The molecule has 1 heterocycles. The highest BCUT2D eigenvalue weighted by Crippen LogP contribution is 2.48. The van der Waals surface area contributed by atoms with Gasteiger partial charge in [-0.1, -0.05) is 200 Å². The smallest absolute Gasteiger partial charge is 0.145 e. The fourth-order valence-corrected chi connectivity index (χ4v) is 10.4. The normalized spacial score (nSPS) is 11.6. The summed E-state index contributed by atoms with van der Waals surface area (Å²) in [6.07, 6.45) is 0. The molecule has 0 saturated carbocycles. The maximum atomic E-state index is 6.98. The Balaban J connectivity index is 1.05. The highest BCUT2D eigenvalue weighted by atomic mass is 16.3. The molecule has 0 spiro atoms. The van der Waals surface area contributed by atoms with Crippen LogP contribution in [0.25, 0.3) is 110 Å². The van der Waals surface area contributed by atoms with Crippen LogP contribution in [0.1, 0.15) is 0 Å². The van der Waals surface area contributed by atoms with Crippen LogP contribution < -0.4 is 4.90 Å². The van der Waals surface area contributed by atoms with E-state index in [9.17, 15) is 0 Å². The lowest BCUT2D eigenvalue weighted by Gasteiger charge is -2.28. The molecule has 2 heteroatoms. The largest absolute Gasteiger partial charge is 0.455 e. The van der Waals surface area contributed by atoms with Gasteiger partial charge in [0.15, 0.2) is 0 Å². The third-order valence-electron chi connectivity index (χ3n) is 13.4. The van der Waals surface area contributed by atoms with Crippen molar-refractivity contribution in [3.8, 4) is 44.5 Å². The number of hydrogen-bond acceptors (Lipinski definition) is 2. The average Bonchev–Trinajstić information content (AvgIpc) is 3.79. The molecule has 308 valence electrons. The summed E-state index contributed by atoms with van der Waals surface area (Å²) < 4.78 is 6.98. The first-order valence-corrected chi connectivity index (χ1v) is 22.7. The molecule has 0 unspecified atom stereocenters. The maximum Gasteiger partial charge on any atom is 0.145 e. The zero-order chi connectivity index (χ0) is 43.6. The molecule has 0 N–H and O–H groups in total. The Morgan fingerprint density at radius 3 is 1.52 bits per heavy atom. The van der Waals surface area contributed by atoms with Gasteiger partial charge in [0.25, 0.3) is 0 Å². The van der Waals surface area contributed by atoms with E-state index in [1.165, 1.54) is 65.3 Å². The molecular formula is C64H41NO. The molecule has 0 aliphatic carbocycles. The van der Waals surface area contributed by atoms with E-state index >= 15 is 0 Å². The van der Waals surface area contributed by atoms with E-state index in [0.29, 0.717) is 0 Å². The minimum Gasteiger partial charge on any atom is -0.455 e. The van der Waals surface area contributed by atoms with E-state index in [1.807, 2.05) is 0 Å². The number of nitrogens with zero attached hydrogens (tertiary/aromatic N) is 1. The third kappa shape index (κ3) is 6.18. The maximum absolute atomic E-state index is 6.98. The fraction of sp³-hybridized carbons (Fsp3) is 0. The molecule has 12 aromatic carbocycles. The first-order chi connectivity index (χ1) is 32.7. The highest BCUT2D eigenvalue weighted by Gasteiger charge is 2.24. The summed E-state index contributed by atoms with van der Waals surface area (Å²) >= 11 is 0. The quantitative estimate of drug-likeness (QED) is 0.149. The van der Waals surface area contributed by atoms with Crippen molar-refractivity contribution in [2.45, 2.75) is 0 Å². The van der Waals surface area contributed by atoms with Gasteiger partial charge < -0.3 is 9.32 Å². The third-order valence-corrected chi connectivity index (χ3v) is 13.4. The number of benzene rings is 12. The topological polar surface area (TPSA) is 16.4 Å². The Bertz CT molecular complexity index is 3970. The summed E-state index contributed by atoms with van der Waals surface area (Å²) in [7, 11) is 0. The second-order valence-electron chi connectivity index (χ2n) is 17.2. The van der Waals surface area contributed by atoms with Crippen molar-refractivity contribution in [2.24, 2.45) is 0 Å². The Kier molecular flexibility index (Phi) is 8.89. The predicted octanol–water partition coefficient (Wildman–Crippen LogP) is 18.3. The second kappa shape index (κ2) is 15.5. The van der Waals surface area contributed by atoms with Gasteiger partial charge in [-0.15, -0.1) is 0 Å². The molecule has 0 bridgehead atoms. The Morgan fingerprint density at radius 2 is 0.773 bits per heavy atom. The molecule has 13 aromatic rings. The summed E-state index contributed by atoms with van der Waals surface area (Å²) in [5.41, 5.74) is 14.1. The lowest BCUT2D eigenvalue weighted by molar-refractivity contribution is 0.670. The van der Waals surface area contributed by atoms with Gasteiger partial charge in [-0.05, 0) is 131 Å². The minimum atomic E-state index is 0.858. The van der Waals surface area contributed by atoms with Crippen LogP contribution in [0, 0.1) is 0 Å². The molecule has 13 rings (SSSR count). The molecule has 0 atom stereocenters. The van der Waals surface area contributed by atoms with Crippen molar-refractivity contribution in [1.82, 2.24) is 0 Å². The van der Waals surface area contributed by atoms with Crippen LogP contribution in [0.3, 0.4) is 0 Å². The van der Waals surface area contributed by atoms with E-state index in [-0.39, 0.29) is 0 Å². The number of hydrogen-bond donors (Lipinski definition) is 0. The van der Waals surface area contributed by atoms with Gasteiger partial charge in [-0.2, -0.15) is 0 Å². The minimum absolute atomic E-state index is 0.858. The van der Waals surface area contributed by atoms with Crippen LogP contribution in [0.2, 0.25) is 0 Å². The molecule has 0 amide bonds. The SMILES string of the molecule is c1ccc(-c2ccccc2-c2cccc(N(c3cccc(-c4ccc5c6ccccc6c6ccccc6c5c4)c3)c3ccc(-c4cccc5ccccc45)c4oc5ccccc5c34)c2)cc1. The van der Waals surface area contributed by atoms with Gasteiger partial charge in [-0.3, -0.25) is 0 Å². The molecule has 0 saturated heterocycles. The Morgan fingerprint density at radius 1 is 0.273 bits per heavy atom. The summed E-state index contributed by atoms with van der Waals surface area (Å²) in [4.78, 5) is 2.43. The zero-order valence-electron chi connectivity index (χ0n) is 36.0. The van der Waals surface area contributed by atoms with E-state index in [0.717, 1.165) is 61.3 Å². The van der Waals surface area contributed by atoms with Crippen LogP contribution in [0.4, 0.5) is 17.1 Å². The average molecular weight is 840 g/mol. The van der Waals surface area contributed by atoms with E-state index in [1.54, 1.807) is 0 Å². The number of anilines is 3. The molecule has 1 aromatic heterocycles. The van der Waals surface area contributed by atoms with Crippen molar-refractivity contribution in [1.29, 1.82) is 0 Å². The van der Waals surface area contributed by atoms with Crippen molar-refractivity contribution < 1.29 is 4.42 Å². The molecule has 0 radical (unpaired) electrons. The lowest BCUT2D eigenvalue weighted by Crippen LogP contribution is -2.11. The van der Waals surface area contributed by atoms with Crippen LogP contribution in [0.15, 0.2) is 253 Å². The van der Waals surface area contributed by atoms with Gasteiger partial charge in [-0.25, -0.2) is 0 Å². The van der Waals surface area contributed by atoms with E-state index < -0.39 is 0 Å². The van der Waals surface area contributed by atoms with E-state index in [4.69, 9.17) is 4.42 Å². The Hall–Kier alpha value is -8.72. The van der Waals surface area contributed by atoms with E-state index in [2.05, 4.69) is 254 Å². The Labute approximate surface area is 382 Å². The summed E-state index contributed by atoms with van der Waals surface area (Å²) in [5, 5.41) is 12.1. The monoisotopic (exact) mass is 839 g/mol. The van der Waals surface area contributed by atoms with Crippen LogP contribution >= 0.6 is 0 Å². The number of fused-ring (bicyclic) bond motifs is 10. The first kappa shape index (κ1) is 37.8. The molecule has 0 aliphatic rings. The van der Waals surface area contributed by atoms with Crippen molar-refractivity contribution >= 4 is 82.1 Å². The van der Waals surface area contributed by atoms with Gasteiger partial charge in [0.2, 0.25) is 0 Å².